The minimum atomic E-state index is 0. The monoisotopic (exact) mass is 510 g/mol. The molecule has 160 valence electrons. The summed E-state index contributed by atoms with van der Waals surface area (Å²) in [6, 6.07) is 8.94. The van der Waals surface area contributed by atoms with Crippen LogP contribution in [0.15, 0.2) is 48.0 Å². The number of rotatable bonds is 9. The van der Waals surface area contributed by atoms with E-state index in [4.69, 9.17) is 4.99 Å². The Bertz CT molecular complexity index is 693. The van der Waals surface area contributed by atoms with Gasteiger partial charge in [0.2, 0.25) is 0 Å². The molecule has 29 heavy (non-hydrogen) atoms. The molecule has 1 aromatic carbocycles. The van der Waals surface area contributed by atoms with Gasteiger partial charge >= 0.3 is 0 Å². The highest BCUT2D eigenvalue weighted by Crippen LogP contribution is 2.14. The zero-order valence-corrected chi connectivity index (χ0v) is 19.8. The first-order valence-electron chi connectivity index (χ1n) is 10.6. The quantitative estimate of drug-likeness (QED) is 0.234. The van der Waals surface area contributed by atoms with Gasteiger partial charge in [0.15, 0.2) is 5.96 Å². The molecule has 0 bridgehead atoms. The van der Waals surface area contributed by atoms with Crippen LogP contribution >= 0.6 is 24.0 Å². The minimum Gasteiger partial charge on any atom is -0.357 e. The summed E-state index contributed by atoms with van der Waals surface area (Å²) >= 11 is 0. The van der Waals surface area contributed by atoms with E-state index in [2.05, 4.69) is 56.3 Å². The molecule has 7 heteroatoms. The second-order valence-electron chi connectivity index (χ2n) is 7.43. The van der Waals surface area contributed by atoms with E-state index >= 15 is 0 Å². The average molecular weight is 510 g/mol. The van der Waals surface area contributed by atoms with Crippen molar-refractivity contribution < 1.29 is 0 Å². The molecule has 1 aliphatic heterocycles. The van der Waals surface area contributed by atoms with Crippen LogP contribution in [0, 0.1) is 0 Å². The van der Waals surface area contributed by atoms with E-state index in [-0.39, 0.29) is 24.0 Å². The summed E-state index contributed by atoms with van der Waals surface area (Å²) < 4.78 is 2.09. The fourth-order valence-electron chi connectivity index (χ4n) is 3.53. The number of nitrogens with zero attached hydrogens (tertiary/aromatic N) is 4. The molecule has 0 aliphatic carbocycles. The van der Waals surface area contributed by atoms with Crippen molar-refractivity contribution in [3.05, 3.63) is 54.1 Å². The van der Waals surface area contributed by atoms with Crippen LogP contribution in [-0.4, -0.2) is 46.6 Å². The highest BCUT2D eigenvalue weighted by atomic mass is 127. The van der Waals surface area contributed by atoms with Gasteiger partial charge in [-0.15, -0.1) is 24.0 Å². The molecule has 1 aromatic heterocycles. The number of guanidine groups is 1. The normalized spacial score (nSPS) is 15.0. The maximum Gasteiger partial charge on any atom is 0.191 e. The number of aromatic nitrogens is 2. The molecule has 2 heterocycles. The summed E-state index contributed by atoms with van der Waals surface area (Å²) in [7, 11) is 0. The summed E-state index contributed by atoms with van der Waals surface area (Å²) in [5.41, 5.74) is 2.65. The molecule has 2 aromatic rings. The Morgan fingerprint density at radius 1 is 1.07 bits per heavy atom. The number of piperidine rings is 1. The molecule has 2 N–H and O–H groups in total. The van der Waals surface area contributed by atoms with Gasteiger partial charge in [-0.3, -0.25) is 4.90 Å². The number of hydrogen-bond acceptors (Lipinski definition) is 3. The van der Waals surface area contributed by atoms with E-state index in [1.165, 1.54) is 43.5 Å². The summed E-state index contributed by atoms with van der Waals surface area (Å²) in [6.45, 7) is 9.06. The van der Waals surface area contributed by atoms with Crippen LogP contribution in [0.2, 0.25) is 0 Å². The molecule has 0 unspecified atom stereocenters. The van der Waals surface area contributed by atoms with E-state index in [1.54, 1.807) is 0 Å². The number of imidazole rings is 1. The Kier molecular flexibility index (Phi) is 11.1. The third-order valence-electron chi connectivity index (χ3n) is 5.09. The zero-order chi connectivity index (χ0) is 19.4. The molecule has 0 atom stereocenters. The molecular weight excluding hydrogens is 475 g/mol. The fourth-order valence-corrected chi connectivity index (χ4v) is 3.53. The van der Waals surface area contributed by atoms with Gasteiger partial charge in [0.05, 0.1) is 12.9 Å². The Hall–Kier alpha value is -1.61. The van der Waals surface area contributed by atoms with Gasteiger partial charge in [0, 0.05) is 38.6 Å². The summed E-state index contributed by atoms with van der Waals surface area (Å²) in [5.74, 6) is 0.880. The Morgan fingerprint density at radius 3 is 2.52 bits per heavy atom. The number of hydrogen-bond donors (Lipinski definition) is 2. The fraction of sp³-hybridized carbons (Fsp3) is 0.545. The highest BCUT2D eigenvalue weighted by molar-refractivity contribution is 14.0. The molecule has 6 nitrogen and oxygen atoms in total. The van der Waals surface area contributed by atoms with Crippen molar-refractivity contribution in [1.82, 2.24) is 25.1 Å². The Balaban J connectivity index is 0.00000300. The lowest BCUT2D eigenvalue weighted by Crippen LogP contribution is -2.38. The summed E-state index contributed by atoms with van der Waals surface area (Å²) in [5, 5.41) is 6.74. The molecule has 0 spiro atoms. The summed E-state index contributed by atoms with van der Waals surface area (Å²) in [6.07, 6.45) is 10.8. The maximum atomic E-state index is 4.73. The smallest absolute Gasteiger partial charge is 0.191 e. The van der Waals surface area contributed by atoms with Gasteiger partial charge in [-0.05, 0) is 50.4 Å². The van der Waals surface area contributed by atoms with Crippen molar-refractivity contribution in [2.24, 2.45) is 4.99 Å². The van der Waals surface area contributed by atoms with Crippen LogP contribution in [-0.2, 0) is 19.6 Å². The predicted molar refractivity (Wildman–Crippen MR) is 131 cm³/mol. The highest BCUT2D eigenvalue weighted by Gasteiger charge is 2.10. The molecule has 0 saturated carbocycles. The van der Waals surface area contributed by atoms with E-state index in [0.717, 1.165) is 38.6 Å². The number of nitrogens with one attached hydrogen (secondary N) is 2. The largest absolute Gasteiger partial charge is 0.357 e. The van der Waals surface area contributed by atoms with Crippen molar-refractivity contribution in [3.63, 3.8) is 0 Å². The van der Waals surface area contributed by atoms with Crippen molar-refractivity contribution in [1.29, 1.82) is 0 Å². The van der Waals surface area contributed by atoms with Gasteiger partial charge in [0.25, 0.3) is 0 Å². The standard InChI is InChI=1S/C22H34N6.HI/c1-2-24-22(25-11-6-15-28-16-12-23-19-28)26-17-20-7-9-21(10-8-20)18-27-13-4-3-5-14-27;/h7-10,12,16,19H,2-6,11,13-15,17-18H2,1H3,(H2,24,25,26);1H. The van der Waals surface area contributed by atoms with Crippen molar-refractivity contribution in [2.45, 2.75) is 52.2 Å². The molecule has 3 rings (SSSR count). The van der Waals surface area contributed by atoms with Gasteiger partial charge in [-0.1, -0.05) is 30.7 Å². The van der Waals surface area contributed by atoms with Crippen molar-refractivity contribution >= 4 is 29.9 Å². The van der Waals surface area contributed by atoms with Crippen molar-refractivity contribution in [2.75, 3.05) is 26.2 Å². The van der Waals surface area contributed by atoms with Crippen LogP contribution < -0.4 is 10.6 Å². The zero-order valence-electron chi connectivity index (χ0n) is 17.5. The molecule has 0 amide bonds. The third kappa shape index (κ3) is 8.74. The van der Waals surface area contributed by atoms with E-state index in [9.17, 15) is 0 Å². The molecule has 0 radical (unpaired) electrons. The van der Waals surface area contributed by atoms with Gasteiger partial charge in [-0.2, -0.15) is 0 Å². The SMILES string of the molecule is CCNC(=NCc1ccc(CN2CCCCC2)cc1)NCCCn1ccnc1.I. The number of benzene rings is 1. The number of halogens is 1. The first-order chi connectivity index (χ1) is 13.8. The number of likely N-dealkylation sites (tertiary alicyclic amines) is 1. The van der Waals surface area contributed by atoms with Crippen molar-refractivity contribution in [3.8, 4) is 0 Å². The lowest BCUT2D eigenvalue weighted by Gasteiger charge is -2.26. The maximum absolute atomic E-state index is 4.73. The van der Waals surface area contributed by atoms with E-state index in [1.807, 2.05) is 18.7 Å². The number of aliphatic imine (C=N–C) groups is 1. The Morgan fingerprint density at radius 2 is 1.83 bits per heavy atom. The predicted octanol–water partition coefficient (Wildman–Crippen LogP) is 3.63. The lowest BCUT2D eigenvalue weighted by molar-refractivity contribution is 0.221. The first kappa shape index (κ1) is 23.7. The summed E-state index contributed by atoms with van der Waals surface area (Å²) in [4.78, 5) is 11.4. The lowest BCUT2D eigenvalue weighted by atomic mass is 10.1. The van der Waals surface area contributed by atoms with Crippen LogP contribution in [0.25, 0.3) is 0 Å². The van der Waals surface area contributed by atoms with Gasteiger partial charge in [-0.25, -0.2) is 9.98 Å². The van der Waals surface area contributed by atoms with E-state index in [0.29, 0.717) is 6.54 Å². The van der Waals surface area contributed by atoms with E-state index < -0.39 is 0 Å². The average Bonchev–Trinajstić information content (AvgIpc) is 3.25. The second kappa shape index (κ2) is 13.6. The molecule has 1 saturated heterocycles. The third-order valence-corrected chi connectivity index (χ3v) is 5.09. The van der Waals surface area contributed by atoms with Crippen LogP contribution in [0.5, 0.6) is 0 Å². The van der Waals surface area contributed by atoms with Gasteiger partial charge in [0.1, 0.15) is 0 Å². The second-order valence-corrected chi connectivity index (χ2v) is 7.43. The topological polar surface area (TPSA) is 57.5 Å². The van der Waals surface area contributed by atoms with Crippen LogP contribution in [0.4, 0.5) is 0 Å². The van der Waals surface area contributed by atoms with Crippen LogP contribution in [0.3, 0.4) is 0 Å². The van der Waals surface area contributed by atoms with Crippen LogP contribution in [0.1, 0.15) is 43.7 Å². The Labute approximate surface area is 192 Å². The molecule has 1 fully saturated rings. The first-order valence-corrected chi connectivity index (χ1v) is 10.6. The molecular formula is C22H35IN6. The van der Waals surface area contributed by atoms with Gasteiger partial charge < -0.3 is 15.2 Å². The minimum absolute atomic E-state index is 0. The molecule has 1 aliphatic rings. The number of aryl methyl sites for hydroxylation is 1.